The van der Waals surface area contributed by atoms with Crippen LogP contribution in [0, 0.1) is 0 Å². The molecule has 0 aliphatic heterocycles. The largest absolute Gasteiger partial charge is 0.501 e. The Kier molecular flexibility index (Phi) is 4.44. The Bertz CT molecular complexity index is 610. The molecule has 1 aromatic carbocycles. The van der Waals surface area contributed by atoms with Crippen LogP contribution in [-0.4, -0.2) is 25.3 Å². The van der Waals surface area contributed by atoms with Crippen LogP contribution in [0.4, 0.5) is 18.9 Å². The van der Waals surface area contributed by atoms with E-state index in [1.54, 1.807) is 0 Å². The number of nitrogens with one attached hydrogen (secondary N) is 1. The third kappa shape index (κ3) is 3.13. The van der Waals surface area contributed by atoms with Crippen LogP contribution in [0.5, 0.6) is 0 Å². The maximum absolute atomic E-state index is 12.7. The summed E-state index contributed by atoms with van der Waals surface area (Å²) in [4.78, 5) is -0.756. The van der Waals surface area contributed by atoms with Crippen molar-refractivity contribution < 1.29 is 21.6 Å². The summed E-state index contributed by atoms with van der Waals surface area (Å²) in [5.41, 5.74) is -5.91. The van der Waals surface area contributed by atoms with E-state index in [0.29, 0.717) is 12.8 Å². The van der Waals surface area contributed by atoms with Crippen LogP contribution in [0.3, 0.4) is 0 Å². The number of hydrogen-bond acceptors (Lipinski definition) is 3. The molecule has 21 heavy (non-hydrogen) atoms. The number of hydrogen-bond donors (Lipinski definition) is 1. The van der Waals surface area contributed by atoms with Crippen LogP contribution in [0.15, 0.2) is 29.2 Å². The molecule has 1 N–H and O–H groups in total. The first-order valence-corrected chi connectivity index (χ1v) is 8.48. The summed E-state index contributed by atoms with van der Waals surface area (Å²) < 4.78 is 61.5. The van der Waals surface area contributed by atoms with Gasteiger partial charge in [0.1, 0.15) is 0 Å². The molecule has 0 unspecified atom stereocenters. The lowest BCUT2D eigenvalue weighted by Crippen LogP contribution is -2.38. The summed E-state index contributed by atoms with van der Waals surface area (Å²) >= 11 is 5.94. The summed E-state index contributed by atoms with van der Waals surface area (Å²) in [5.74, 6) is 0.216. The van der Waals surface area contributed by atoms with Crippen molar-refractivity contribution in [3.05, 3.63) is 24.3 Å². The van der Waals surface area contributed by atoms with Crippen molar-refractivity contribution in [1.29, 1.82) is 0 Å². The lowest BCUT2D eigenvalue weighted by atomic mass is 10.00. The molecule has 8 heteroatoms. The molecule has 1 aliphatic rings. The molecular formula is C13H15ClF3NO2S. The molecule has 1 fully saturated rings. The fraction of sp³-hybridized carbons (Fsp3) is 0.538. The van der Waals surface area contributed by atoms with Gasteiger partial charge in [-0.3, -0.25) is 0 Å². The van der Waals surface area contributed by atoms with Crippen molar-refractivity contribution in [3.63, 3.8) is 0 Å². The average molecular weight is 342 g/mol. The average Bonchev–Trinajstić information content (AvgIpc) is 2.87. The number of benzene rings is 1. The quantitative estimate of drug-likeness (QED) is 0.844. The van der Waals surface area contributed by atoms with E-state index < -0.39 is 25.8 Å². The highest BCUT2D eigenvalue weighted by Gasteiger charge is 2.48. The minimum atomic E-state index is -5.39. The molecule has 0 amide bonds. The zero-order chi connectivity index (χ0) is 15.7. The second kappa shape index (κ2) is 5.68. The first-order valence-electron chi connectivity index (χ1n) is 6.46. The first-order chi connectivity index (χ1) is 9.72. The molecule has 118 valence electrons. The number of sulfone groups is 1. The van der Waals surface area contributed by atoms with Crippen LogP contribution in [0.1, 0.15) is 25.7 Å². The van der Waals surface area contributed by atoms with Gasteiger partial charge in [0.25, 0.3) is 9.84 Å². The monoisotopic (exact) mass is 341 g/mol. The van der Waals surface area contributed by atoms with Crippen LogP contribution in [0.25, 0.3) is 0 Å². The number of alkyl halides is 4. The van der Waals surface area contributed by atoms with E-state index in [2.05, 4.69) is 5.32 Å². The Morgan fingerprint density at radius 1 is 1.19 bits per heavy atom. The Balaban J connectivity index is 2.43. The van der Waals surface area contributed by atoms with Gasteiger partial charge in [-0.05, 0) is 25.0 Å². The lowest BCUT2D eigenvalue weighted by molar-refractivity contribution is -0.0435. The van der Waals surface area contributed by atoms with Crippen molar-refractivity contribution >= 4 is 27.1 Å². The molecule has 0 saturated heterocycles. The standard InChI is InChI=1S/C13H15ClF3NO2S/c14-9-12(7-3-4-8-12)18-10-5-1-2-6-11(10)21(19,20)13(15,16)17/h1-2,5-6,18H,3-4,7-9H2. The Morgan fingerprint density at radius 3 is 2.29 bits per heavy atom. The van der Waals surface area contributed by atoms with Crippen molar-refractivity contribution in [3.8, 4) is 0 Å². The summed E-state index contributed by atoms with van der Waals surface area (Å²) in [7, 11) is -5.39. The van der Waals surface area contributed by atoms with Gasteiger partial charge in [0.2, 0.25) is 0 Å². The van der Waals surface area contributed by atoms with Crippen molar-refractivity contribution in [2.45, 2.75) is 41.6 Å². The molecule has 1 aromatic rings. The maximum Gasteiger partial charge on any atom is 0.501 e. The van der Waals surface area contributed by atoms with E-state index in [1.165, 1.54) is 18.2 Å². The van der Waals surface area contributed by atoms with E-state index >= 15 is 0 Å². The van der Waals surface area contributed by atoms with Gasteiger partial charge in [0, 0.05) is 5.88 Å². The number of halogens is 4. The molecule has 0 bridgehead atoms. The van der Waals surface area contributed by atoms with E-state index in [9.17, 15) is 21.6 Å². The molecule has 0 spiro atoms. The Labute approximate surface area is 126 Å². The molecule has 0 heterocycles. The van der Waals surface area contributed by atoms with E-state index in [4.69, 9.17) is 11.6 Å². The fourth-order valence-electron chi connectivity index (χ4n) is 2.56. The molecule has 1 saturated carbocycles. The summed E-state index contributed by atoms with van der Waals surface area (Å²) in [6.45, 7) is 0. The minimum absolute atomic E-state index is 0.0441. The second-order valence-corrected chi connectivity index (χ2v) is 7.37. The van der Waals surface area contributed by atoms with Crippen molar-refractivity contribution in [2.75, 3.05) is 11.2 Å². The van der Waals surface area contributed by atoms with Gasteiger partial charge in [-0.1, -0.05) is 25.0 Å². The number of anilines is 1. The Morgan fingerprint density at radius 2 is 1.76 bits per heavy atom. The predicted octanol–water partition coefficient (Wildman–Crippen LogP) is 3.94. The van der Waals surface area contributed by atoms with Crippen LogP contribution < -0.4 is 5.32 Å². The van der Waals surface area contributed by atoms with Crippen molar-refractivity contribution in [2.24, 2.45) is 0 Å². The zero-order valence-electron chi connectivity index (χ0n) is 11.1. The number of para-hydroxylation sites is 1. The van der Waals surface area contributed by atoms with Gasteiger partial charge >= 0.3 is 5.51 Å². The predicted molar refractivity (Wildman–Crippen MR) is 75.2 cm³/mol. The highest BCUT2D eigenvalue weighted by Crippen LogP contribution is 2.39. The van der Waals surface area contributed by atoms with E-state index in [0.717, 1.165) is 18.9 Å². The van der Waals surface area contributed by atoms with Crippen LogP contribution >= 0.6 is 11.6 Å². The normalized spacial score (nSPS) is 18.7. The highest BCUT2D eigenvalue weighted by atomic mass is 35.5. The first kappa shape index (κ1) is 16.4. The van der Waals surface area contributed by atoms with Gasteiger partial charge in [-0.2, -0.15) is 13.2 Å². The lowest BCUT2D eigenvalue weighted by Gasteiger charge is -2.30. The molecule has 2 rings (SSSR count). The van der Waals surface area contributed by atoms with Crippen molar-refractivity contribution in [1.82, 2.24) is 0 Å². The van der Waals surface area contributed by atoms with Crippen LogP contribution in [0.2, 0.25) is 0 Å². The van der Waals surface area contributed by atoms with E-state index in [1.807, 2.05) is 0 Å². The molecule has 0 aromatic heterocycles. The minimum Gasteiger partial charge on any atom is -0.377 e. The third-order valence-corrected chi connectivity index (χ3v) is 5.75. The van der Waals surface area contributed by atoms with Gasteiger partial charge in [-0.15, -0.1) is 11.6 Å². The molecular weight excluding hydrogens is 327 g/mol. The zero-order valence-corrected chi connectivity index (χ0v) is 12.7. The fourth-order valence-corrected chi connectivity index (χ4v) is 3.81. The van der Waals surface area contributed by atoms with Gasteiger partial charge in [-0.25, -0.2) is 8.42 Å². The molecule has 3 nitrogen and oxygen atoms in total. The van der Waals surface area contributed by atoms with Crippen LogP contribution in [-0.2, 0) is 9.84 Å². The summed E-state index contributed by atoms with van der Waals surface area (Å²) in [5, 5.41) is 2.94. The summed E-state index contributed by atoms with van der Waals surface area (Å²) in [6, 6.07) is 5.06. The van der Waals surface area contributed by atoms with Gasteiger partial charge in [0.05, 0.1) is 16.1 Å². The number of rotatable bonds is 4. The topological polar surface area (TPSA) is 46.2 Å². The van der Waals surface area contributed by atoms with Gasteiger partial charge < -0.3 is 5.32 Å². The second-order valence-electron chi connectivity index (χ2n) is 5.19. The SMILES string of the molecule is O=S(=O)(c1ccccc1NC1(CCl)CCCC1)C(F)(F)F. The molecule has 0 atom stereocenters. The molecule has 0 radical (unpaired) electrons. The van der Waals surface area contributed by atoms with Gasteiger partial charge in [0.15, 0.2) is 0 Å². The molecule has 1 aliphatic carbocycles. The highest BCUT2D eigenvalue weighted by molar-refractivity contribution is 7.92. The maximum atomic E-state index is 12.7. The summed E-state index contributed by atoms with van der Waals surface area (Å²) in [6.07, 6.45) is 3.23. The van der Waals surface area contributed by atoms with E-state index in [-0.39, 0.29) is 11.6 Å². The third-order valence-electron chi connectivity index (χ3n) is 3.70. The smallest absolute Gasteiger partial charge is 0.377 e. The Hall–Kier alpha value is -0.950.